The number of hydrogen-bond acceptors (Lipinski definition) is 5. The van der Waals surface area contributed by atoms with Crippen LogP contribution in [0.1, 0.15) is 0 Å². The molecule has 8 heteroatoms. The molecule has 0 saturated heterocycles. The van der Waals surface area contributed by atoms with Crippen molar-refractivity contribution in [3.63, 3.8) is 0 Å². The molecule has 0 aliphatic carbocycles. The summed E-state index contributed by atoms with van der Waals surface area (Å²) in [5, 5.41) is 0. The second-order valence-electron chi connectivity index (χ2n) is 2.63. The Morgan fingerprint density at radius 3 is 2.67 bits per heavy atom. The minimum absolute atomic E-state index is 0. The number of nitrogens with one attached hydrogen (secondary N) is 1. The number of aromatic nitrogens is 1. The van der Waals surface area contributed by atoms with Gasteiger partial charge in [-0.15, -0.1) is 0 Å². The number of oxazole rings is 1. The smallest absolute Gasteiger partial charge is 0.744 e. The van der Waals surface area contributed by atoms with Crippen LogP contribution in [-0.2, 0) is 10.1 Å². The van der Waals surface area contributed by atoms with Crippen LogP contribution in [0.4, 0.5) is 0 Å². The molecule has 1 aromatic heterocycles. The van der Waals surface area contributed by atoms with E-state index in [4.69, 9.17) is 16.6 Å². The molecule has 2 rings (SSSR count). The number of benzene rings is 1. The number of H-pyrrole nitrogens is 1. The van der Waals surface area contributed by atoms with Gasteiger partial charge in [-0.3, -0.25) is 0 Å². The molecule has 74 valence electrons. The normalized spacial score (nSPS) is 11.3. The summed E-state index contributed by atoms with van der Waals surface area (Å²) in [7, 11) is -4.44. The van der Waals surface area contributed by atoms with Crippen LogP contribution in [0.25, 0.3) is 11.1 Å². The van der Waals surface area contributed by atoms with Gasteiger partial charge in [0.05, 0.1) is 10.4 Å². The van der Waals surface area contributed by atoms with Crippen molar-refractivity contribution in [2.75, 3.05) is 0 Å². The summed E-state index contributed by atoms with van der Waals surface area (Å²) in [5.41, 5.74) is 0.814. The van der Waals surface area contributed by atoms with Crippen molar-refractivity contribution >= 4 is 33.4 Å². The van der Waals surface area contributed by atoms with E-state index in [2.05, 4.69) is 4.98 Å². The molecule has 0 saturated carbocycles. The second kappa shape index (κ2) is 4.36. The second-order valence-corrected chi connectivity index (χ2v) is 4.38. The number of rotatable bonds is 1. The molecule has 0 bridgehead atoms. The third kappa shape index (κ3) is 2.68. The van der Waals surface area contributed by atoms with E-state index in [0.717, 1.165) is 6.07 Å². The number of aromatic amines is 1. The SMILES string of the molecule is O=S(=O)([O-])c1ccc2[nH]c(=S)oc2c1.[Na+]. The summed E-state index contributed by atoms with van der Waals surface area (Å²) in [5.74, 6) is 0. The van der Waals surface area contributed by atoms with Gasteiger partial charge >= 0.3 is 29.6 Å². The fourth-order valence-corrected chi connectivity index (χ4v) is 1.77. The Hall–Kier alpha value is -0.180. The predicted octanol–water partition coefficient (Wildman–Crippen LogP) is -1.60. The quantitative estimate of drug-likeness (QED) is 0.376. The van der Waals surface area contributed by atoms with E-state index in [0.29, 0.717) is 5.52 Å². The van der Waals surface area contributed by atoms with E-state index >= 15 is 0 Å². The van der Waals surface area contributed by atoms with Crippen LogP contribution >= 0.6 is 12.2 Å². The maximum atomic E-state index is 10.6. The monoisotopic (exact) mass is 253 g/mol. The molecular weight excluding hydrogens is 249 g/mol. The average Bonchev–Trinajstić information content (AvgIpc) is 2.41. The summed E-state index contributed by atoms with van der Waals surface area (Å²) in [4.78, 5) is 2.50. The summed E-state index contributed by atoms with van der Waals surface area (Å²) < 4.78 is 36.9. The summed E-state index contributed by atoms with van der Waals surface area (Å²) in [6.07, 6.45) is 0. The molecule has 1 heterocycles. The van der Waals surface area contributed by atoms with E-state index < -0.39 is 10.1 Å². The predicted molar refractivity (Wildman–Crippen MR) is 49.4 cm³/mol. The summed E-state index contributed by atoms with van der Waals surface area (Å²) in [6.45, 7) is 0. The van der Waals surface area contributed by atoms with Crippen LogP contribution in [0.15, 0.2) is 27.5 Å². The molecule has 0 amide bonds. The third-order valence-electron chi connectivity index (χ3n) is 1.68. The van der Waals surface area contributed by atoms with Gasteiger partial charge in [-0.25, -0.2) is 8.42 Å². The van der Waals surface area contributed by atoms with E-state index in [1.165, 1.54) is 12.1 Å². The average molecular weight is 253 g/mol. The van der Waals surface area contributed by atoms with Crippen LogP contribution in [0.5, 0.6) is 0 Å². The minimum atomic E-state index is -4.44. The van der Waals surface area contributed by atoms with Crippen molar-refractivity contribution in [1.29, 1.82) is 0 Å². The summed E-state index contributed by atoms with van der Waals surface area (Å²) >= 11 is 4.70. The Bertz CT molecular complexity index is 642. The van der Waals surface area contributed by atoms with Gasteiger partial charge in [-0.1, -0.05) is 0 Å². The van der Waals surface area contributed by atoms with E-state index in [9.17, 15) is 13.0 Å². The largest absolute Gasteiger partial charge is 1.00 e. The number of fused-ring (bicyclic) bond motifs is 1. The van der Waals surface area contributed by atoms with Crippen LogP contribution in [0.2, 0.25) is 0 Å². The molecule has 0 aliphatic heterocycles. The van der Waals surface area contributed by atoms with Gasteiger partial charge in [0.25, 0.3) is 4.84 Å². The Morgan fingerprint density at radius 1 is 1.40 bits per heavy atom. The van der Waals surface area contributed by atoms with Crippen molar-refractivity contribution in [1.82, 2.24) is 4.98 Å². The first-order chi connectivity index (χ1) is 6.47. The van der Waals surface area contributed by atoms with Crippen LogP contribution in [0, 0.1) is 4.84 Å². The van der Waals surface area contributed by atoms with Crippen molar-refractivity contribution in [3.8, 4) is 0 Å². The topological polar surface area (TPSA) is 86.1 Å². The summed E-state index contributed by atoms with van der Waals surface area (Å²) in [6, 6.07) is 3.77. The first-order valence-corrected chi connectivity index (χ1v) is 5.37. The zero-order chi connectivity index (χ0) is 10.3. The van der Waals surface area contributed by atoms with Crippen molar-refractivity contribution in [2.24, 2.45) is 0 Å². The Balaban J connectivity index is 0.00000112. The molecule has 1 N–H and O–H groups in total. The maximum Gasteiger partial charge on any atom is 1.00 e. The first kappa shape index (κ1) is 12.9. The van der Waals surface area contributed by atoms with Gasteiger partial charge in [0, 0.05) is 6.07 Å². The molecule has 0 spiro atoms. The minimum Gasteiger partial charge on any atom is -0.744 e. The fourth-order valence-electron chi connectivity index (χ4n) is 1.08. The standard InChI is InChI=1S/C7H5NO4S2.Na/c9-14(10,11)4-1-2-5-6(3-4)12-7(13)8-5;/h1-3H,(H,8,13)(H,9,10,11);/q;+1/p-1. The zero-order valence-corrected chi connectivity index (χ0v) is 11.3. The van der Waals surface area contributed by atoms with Gasteiger partial charge < -0.3 is 14.0 Å². The number of hydrogen-bond donors (Lipinski definition) is 1. The van der Waals surface area contributed by atoms with Crippen molar-refractivity contribution in [2.45, 2.75) is 4.90 Å². The van der Waals surface area contributed by atoms with Gasteiger partial charge in [0.2, 0.25) is 0 Å². The molecule has 0 aliphatic rings. The van der Waals surface area contributed by atoms with Crippen molar-refractivity contribution in [3.05, 3.63) is 23.0 Å². The molecule has 5 nitrogen and oxygen atoms in total. The van der Waals surface area contributed by atoms with Gasteiger partial charge in [0.15, 0.2) is 5.58 Å². The Labute approximate surface area is 113 Å². The third-order valence-corrected chi connectivity index (χ3v) is 2.70. The van der Waals surface area contributed by atoms with Crippen molar-refractivity contribution < 1.29 is 46.9 Å². The molecule has 0 radical (unpaired) electrons. The van der Waals surface area contributed by atoms with Gasteiger partial charge in [0.1, 0.15) is 10.1 Å². The molecule has 0 atom stereocenters. The van der Waals surface area contributed by atoms with Crippen LogP contribution < -0.4 is 29.6 Å². The molecule has 0 fully saturated rings. The van der Waals surface area contributed by atoms with Crippen LogP contribution in [0.3, 0.4) is 0 Å². The molecule has 0 unspecified atom stereocenters. The Morgan fingerprint density at radius 2 is 2.07 bits per heavy atom. The van der Waals surface area contributed by atoms with E-state index in [1.807, 2.05) is 0 Å². The van der Waals surface area contributed by atoms with E-state index in [1.54, 1.807) is 0 Å². The zero-order valence-electron chi connectivity index (χ0n) is 7.68. The molecule has 2 aromatic rings. The Kier molecular flexibility index (Phi) is 3.75. The van der Waals surface area contributed by atoms with Gasteiger partial charge in [-0.2, -0.15) is 0 Å². The molecule has 15 heavy (non-hydrogen) atoms. The molecular formula is C7H4NNaO4S2. The fraction of sp³-hybridized carbons (Fsp3) is 0. The molecule has 1 aromatic carbocycles. The first-order valence-electron chi connectivity index (χ1n) is 3.55. The van der Waals surface area contributed by atoms with E-state index in [-0.39, 0.29) is 44.9 Å². The van der Waals surface area contributed by atoms with Crippen LogP contribution in [-0.4, -0.2) is 18.0 Å². The van der Waals surface area contributed by atoms with Gasteiger partial charge in [-0.05, 0) is 24.4 Å². The maximum absolute atomic E-state index is 10.6.